The zero-order valence-corrected chi connectivity index (χ0v) is 17.7. The molecule has 0 unspecified atom stereocenters. The Morgan fingerprint density at radius 1 is 1.10 bits per heavy atom. The molecule has 158 valence electrons. The summed E-state index contributed by atoms with van der Waals surface area (Å²) in [6.45, 7) is 8.26. The number of nitrogens with zero attached hydrogens (tertiary/aromatic N) is 1. The molecule has 0 bridgehead atoms. The van der Waals surface area contributed by atoms with Crippen LogP contribution in [0, 0.1) is 6.92 Å². The summed E-state index contributed by atoms with van der Waals surface area (Å²) in [6.07, 6.45) is 0. The summed E-state index contributed by atoms with van der Waals surface area (Å²) in [5.74, 6) is 0.281. The van der Waals surface area contributed by atoms with Crippen LogP contribution in [0.25, 0.3) is 11.0 Å². The molecule has 1 N–H and O–H groups in total. The topological polar surface area (TPSA) is 71.8 Å². The van der Waals surface area contributed by atoms with Crippen molar-refractivity contribution < 1.29 is 13.9 Å². The number of benzene rings is 2. The van der Waals surface area contributed by atoms with E-state index in [1.807, 2.05) is 31.2 Å². The van der Waals surface area contributed by atoms with Gasteiger partial charge in [-0.3, -0.25) is 9.69 Å². The minimum Gasteiger partial charge on any atom is -0.484 e. The van der Waals surface area contributed by atoms with Crippen LogP contribution < -0.4 is 15.7 Å². The van der Waals surface area contributed by atoms with E-state index in [4.69, 9.17) is 9.15 Å². The summed E-state index contributed by atoms with van der Waals surface area (Å²) in [5, 5.41) is 3.82. The van der Waals surface area contributed by atoms with Crippen LogP contribution in [0.5, 0.6) is 5.75 Å². The van der Waals surface area contributed by atoms with Crippen molar-refractivity contribution in [3.8, 4) is 5.75 Å². The molecule has 30 heavy (non-hydrogen) atoms. The van der Waals surface area contributed by atoms with Gasteiger partial charge in [-0.25, -0.2) is 4.79 Å². The maximum Gasteiger partial charge on any atom is 0.336 e. The number of carbonyl (C=O) groups excluding carboxylic acids is 1. The van der Waals surface area contributed by atoms with E-state index in [9.17, 15) is 9.59 Å². The predicted octanol–water partition coefficient (Wildman–Crippen LogP) is 3.68. The smallest absolute Gasteiger partial charge is 0.336 e. The molecule has 1 amide bonds. The number of aryl methyl sites for hydroxylation is 1. The van der Waals surface area contributed by atoms with Crippen molar-refractivity contribution in [3.63, 3.8) is 0 Å². The van der Waals surface area contributed by atoms with Gasteiger partial charge in [0, 0.05) is 24.1 Å². The number of carbonyl (C=O) groups is 1. The van der Waals surface area contributed by atoms with Crippen molar-refractivity contribution in [1.82, 2.24) is 10.2 Å². The number of amides is 1. The Hall–Kier alpha value is -3.12. The maximum atomic E-state index is 12.4. The van der Waals surface area contributed by atoms with Crippen molar-refractivity contribution >= 4 is 16.9 Å². The van der Waals surface area contributed by atoms with E-state index in [2.05, 4.69) is 36.2 Å². The van der Waals surface area contributed by atoms with E-state index in [0.29, 0.717) is 17.9 Å². The van der Waals surface area contributed by atoms with Gasteiger partial charge in [-0.2, -0.15) is 0 Å². The first kappa shape index (κ1) is 21.6. The summed E-state index contributed by atoms with van der Waals surface area (Å²) >= 11 is 0. The van der Waals surface area contributed by atoms with Crippen LogP contribution in [0.1, 0.15) is 31.0 Å². The van der Waals surface area contributed by atoms with Crippen molar-refractivity contribution in [2.45, 2.75) is 26.8 Å². The van der Waals surface area contributed by atoms with E-state index < -0.39 is 5.63 Å². The Labute approximate surface area is 176 Å². The first-order chi connectivity index (χ1) is 14.5. The fourth-order valence-corrected chi connectivity index (χ4v) is 3.60. The lowest BCUT2D eigenvalue weighted by Gasteiger charge is -2.30. The van der Waals surface area contributed by atoms with Gasteiger partial charge in [-0.15, -0.1) is 0 Å². The molecule has 0 saturated heterocycles. The minimum atomic E-state index is -0.404. The maximum absolute atomic E-state index is 12.4. The SMILES string of the molecule is CCN(CC)[C@@H](CNC(=O)COc1ccc2c(C)cc(=O)oc2c1)c1ccccc1. The van der Waals surface area contributed by atoms with Gasteiger partial charge < -0.3 is 14.5 Å². The van der Waals surface area contributed by atoms with Crippen molar-refractivity contribution in [3.05, 3.63) is 76.1 Å². The van der Waals surface area contributed by atoms with E-state index >= 15 is 0 Å². The summed E-state index contributed by atoms with van der Waals surface area (Å²) in [5.41, 5.74) is 2.05. The summed E-state index contributed by atoms with van der Waals surface area (Å²) in [4.78, 5) is 26.3. The molecule has 3 aromatic rings. The molecule has 0 aliphatic carbocycles. The lowest BCUT2D eigenvalue weighted by molar-refractivity contribution is -0.123. The van der Waals surface area contributed by atoms with Gasteiger partial charge in [0.15, 0.2) is 6.61 Å². The lowest BCUT2D eigenvalue weighted by atomic mass is 10.1. The fourth-order valence-electron chi connectivity index (χ4n) is 3.60. The molecule has 0 aliphatic rings. The highest BCUT2D eigenvalue weighted by molar-refractivity contribution is 5.81. The van der Waals surface area contributed by atoms with Gasteiger partial charge >= 0.3 is 5.63 Å². The molecule has 0 radical (unpaired) electrons. The number of nitrogens with one attached hydrogen (secondary N) is 1. The lowest BCUT2D eigenvalue weighted by Crippen LogP contribution is -2.39. The fraction of sp³-hybridized carbons (Fsp3) is 0.333. The predicted molar refractivity (Wildman–Crippen MR) is 118 cm³/mol. The van der Waals surface area contributed by atoms with Crippen LogP contribution in [-0.4, -0.2) is 37.0 Å². The second kappa shape index (κ2) is 10.1. The van der Waals surface area contributed by atoms with Crippen LogP contribution in [0.15, 0.2) is 63.8 Å². The Bertz CT molecular complexity index is 1040. The van der Waals surface area contributed by atoms with E-state index in [-0.39, 0.29) is 18.6 Å². The summed E-state index contributed by atoms with van der Waals surface area (Å²) in [7, 11) is 0. The number of fused-ring (bicyclic) bond motifs is 1. The third-order valence-corrected chi connectivity index (χ3v) is 5.22. The van der Waals surface area contributed by atoms with E-state index in [1.54, 1.807) is 12.1 Å². The van der Waals surface area contributed by atoms with Crippen molar-refractivity contribution in [2.75, 3.05) is 26.2 Å². The largest absolute Gasteiger partial charge is 0.484 e. The molecule has 1 atom stereocenters. The molecule has 2 aromatic carbocycles. The van der Waals surface area contributed by atoms with Gasteiger partial charge in [0.1, 0.15) is 11.3 Å². The third kappa shape index (κ3) is 5.27. The monoisotopic (exact) mass is 408 g/mol. The Kier molecular flexibility index (Phi) is 7.25. The Balaban J connectivity index is 1.62. The zero-order chi connectivity index (χ0) is 21.5. The molecule has 0 aliphatic heterocycles. The Morgan fingerprint density at radius 2 is 1.83 bits per heavy atom. The van der Waals surface area contributed by atoms with E-state index in [0.717, 1.165) is 24.0 Å². The van der Waals surface area contributed by atoms with Gasteiger partial charge in [-0.1, -0.05) is 44.2 Å². The van der Waals surface area contributed by atoms with Crippen LogP contribution in [0.4, 0.5) is 0 Å². The molecule has 6 heteroatoms. The third-order valence-electron chi connectivity index (χ3n) is 5.22. The molecular weight excluding hydrogens is 380 g/mol. The second-order valence-corrected chi connectivity index (χ2v) is 7.15. The van der Waals surface area contributed by atoms with Crippen LogP contribution in [-0.2, 0) is 4.79 Å². The standard InChI is InChI=1S/C24H28N2O4/c1-4-26(5-2)21(18-9-7-6-8-10-18)15-25-23(27)16-29-19-11-12-20-17(3)13-24(28)30-22(20)14-19/h6-14,21H,4-5,15-16H2,1-3H3,(H,25,27)/t21-/m0/s1. The Morgan fingerprint density at radius 3 is 2.53 bits per heavy atom. The first-order valence-electron chi connectivity index (χ1n) is 10.2. The highest BCUT2D eigenvalue weighted by Gasteiger charge is 2.18. The summed E-state index contributed by atoms with van der Waals surface area (Å²) in [6, 6.07) is 17.0. The average molecular weight is 408 g/mol. The van der Waals surface area contributed by atoms with Crippen LogP contribution in [0.3, 0.4) is 0 Å². The van der Waals surface area contributed by atoms with E-state index in [1.165, 1.54) is 11.6 Å². The quantitative estimate of drug-likeness (QED) is 0.547. The second-order valence-electron chi connectivity index (χ2n) is 7.15. The normalized spacial score (nSPS) is 12.1. The molecule has 0 saturated carbocycles. The molecule has 3 rings (SSSR count). The highest BCUT2D eigenvalue weighted by Crippen LogP contribution is 2.22. The van der Waals surface area contributed by atoms with Crippen molar-refractivity contribution in [2.24, 2.45) is 0 Å². The average Bonchev–Trinajstić information content (AvgIpc) is 2.75. The number of ether oxygens (including phenoxy) is 1. The number of hydrogen-bond donors (Lipinski definition) is 1. The van der Waals surface area contributed by atoms with Crippen molar-refractivity contribution in [1.29, 1.82) is 0 Å². The van der Waals surface area contributed by atoms with Crippen LogP contribution in [0.2, 0.25) is 0 Å². The zero-order valence-electron chi connectivity index (χ0n) is 17.7. The molecule has 0 fully saturated rings. The molecular formula is C24H28N2O4. The number of likely N-dealkylation sites (N-methyl/N-ethyl adjacent to an activating group) is 1. The van der Waals surface area contributed by atoms with Gasteiger partial charge in [0.25, 0.3) is 5.91 Å². The summed E-state index contributed by atoms with van der Waals surface area (Å²) < 4.78 is 10.8. The molecule has 0 spiro atoms. The van der Waals surface area contributed by atoms with Gasteiger partial charge in [0.2, 0.25) is 0 Å². The van der Waals surface area contributed by atoms with Gasteiger partial charge in [-0.05, 0) is 43.3 Å². The molecule has 1 heterocycles. The molecule has 6 nitrogen and oxygen atoms in total. The first-order valence-corrected chi connectivity index (χ1v) is 10.2. The molecule has 1 aromatic heterocycles. The highest BCUT2D eigenvalue weighted by atomic mass is 16.5. The minimum absolute atomic E-state index is 0.100. The number of rotatable bonds is 9. The van der Waals surface area contributed by atoms with Gasteiger partial charge in [0.05, 0.1) is 6.04 Å². The van der Waals surface area contributed by atoms with Crippen LogP contribution >= 0.6 is 0 Å². The number of hydrogen-bond acceptors (Lipinski definition) is 5.